The van der Waals surface area contributed by atoms with Crippen LogP contribution in [0.1, 0.15) is 10.4 Å². The van der Waals surface area contributed by atoms with Crippen molar-refractivity contribution < 1.29 is 14.3 Å². The van der Waals surface area contributed by atoms with Gasteiger partial charge in [-0.25, -0.2) is 0 Å². The molecule has 0 aliphatic carbocycles. The Morgan fingerprint density at radius 2 is 1.90 bits per heavy atom. The highest BCUT2D eigenvalue weighted by Gasteiger charge is 2.21. The average Bonchev–Trinajstić information content (AvgIpc) is 2.50. The van der Waals surface area contributed by atoms with E-state index in [1.54, 1.807) is 36.4 Å². The number of rotatable bonds is 2. The van der Waals surface area contributed by atoms with Crippen molar-refractivity contribution in [2.75, 3.05) is 24.3 Å². The first-order chi connectivity index (χ1) is 10.2. The predicted octanol–water partition coefficient (Wildman–Crippen LogP) is 2.95. The van der Waals surface area contributed by atoms with Crippen LogP contribution in [0.3, 0.4) is 0 Å². The van der Waals surface area contributed by atoms with Gasteiger partial charge in [0.05, 0.1) is 22.0 Å². The molecule has 1 aliphatic heterocycles. The average molecular weight is 305 g/mol. The highest BCUT2D eigenvalue weighted by molar-refractivity contribution is 6.34. The van der Waals surface area contributed by atoms with Gasteiger partial charge in [0.15, 0.2) is 11.5 Å². The molecule has 0 saturated carbocycles. The number of carbonyl (C=O) groups is 1. The van der Waals surface area contributed by atoms with Gasteiger partial charge in [0.1, 0.15) is 13.2 Å². The first kappa shape index (κ1) is 13.6. The van der Waals surface area contributed by atoms with Crippen molar-refractivity contribution in [3.63, 3.8) is 0 Å². The van der Waals surface area contributed by atoms with Crippen LogP contribution in [0.5, 0.6) is 11.5 Å². The van der Waals surface area contributed by atoms with Crippen LogP contribution in [0, 0.1) is 0 Å². The minimum absolute atomic E-state index is 0.350. The van der Waals surface area contributed by atoms with Gasteiger partial charge in [0.25, 0.3) is 5.91 Å². The Balaban J connectivity index is 1.93. The SMILES string of the molecule is Nc1cccc(Cl)c1NC(=O)c1cccc2c1OCCO2. The molecule has 0 spiro atoms. The van der Waals surface area contributed by atoms with Crippen LogP contribution < -0.4 is 20.5 Å². The van der Waals surface area contributed by atoms with Gasteiger partial charge in [0.2, 0.25) is 0 Å². The predicted molar refractivity (Wildman–Crippen MR) is 81.2 cm³/mol. The van der Waals surface area contributed by atoms with Gasteiger partial charge in [-0.2, -0.15) is 0 Å². The van der Waals surface area contributed by atoms with Gasteiger partial charge >= 0.3 is 0 Å². The summed E-state index contributed by atoms with van der Waals surface area (Å²) in [6.45, 7) is 0.876. The van der Waals surface area contributed by atoms with Crippen LogP contribution in [0.25, 0.3) is 0 Å². The molecule has 6 heteroatoms. The molecule has 0 unspecified atom stereocenters. The minimum Gasteiger partial charge on any atom is -0.486 e. The molecule has 0 atom stereocenters. The summed E-state index contributed by atoms with van der Waals surface area (Å²) in [5.41, 5.74) is 7.00. The number of halogens is 1. The van der Waals surface area contributed by atoms with Crippen molar-refractivity contribution in [3.05, 3.63) is 47.0 Å². The molecule has 1 aliphatic rings. The van der Waals surface area contributed by atoms with Gasteiger partial charge in [-0.1, -0.05) is 23.7 Å². The minimum atomic E-state index is -0.350. The van der Waals surface area contributed by atoms with Crippen molar-refractivity contribution >= 4 is 28.9 Å². The van der Waals surface area contributed by atoms with Crippen LogP contribution in [0.15, 0.2) is 36.4 Å². The lowest BCUT2D eigenvalue weighted by molar-refractivity contribution is 0.101. The molecular weight excluding hydrogens is 292 g/mol. The molecule has 3 N–H and O–H groups in total. The second-order valence-corrected chi connectivity index (χ2v) is 4.90. The summed E-state index contributed by atoms with van der Waals surface area (Å²) in [5, 5.41) is 3.09. The zero-order valence-corrected chi connectivity index (χ0v) is 11.8. The van der Waals surface area contributed by atoms with Crippen molar-refractivity contribution in [1.82, 2.24) is 0 Å². The van der Waals surface area contributed by atoms with Crippen LogP contribution in [0.4, 0.5) is 11.4 Å². The van der Waals surface area contributed by atoms with Gasteiger partial charge in [-0.05, 0) is 24.3 Å². The number of ether oxygens (including phenoxy) is 2. The molecule has 108 valence electrons. The number of nitrogens with two attached hydrogens (primary N) is 1. The molecule has 21 heavy (non-hydrogen) atoms. The lowest BCUT2D eigenvalue weighted by Crippen LogP contribution is -2.20. The molecule has 1 amide bonds. The highest BCUT2D eigenvalue weighted by Crippen LogP contribution is 2.35. The number of hydrogen-bond donors (Lipinski definition) is 2. The molecule has 0 radical (unpaired) electrons. The second-order valence-electron chi connectivity index (χ2n) is 4.49. The van der Waals surface area contributed by atoms with Crippen molar-refractivity contribution in [1.29, 1.82) is 0 Å². The fourth-order valence-corrected chi connectivity index (χ4v) is 2.34. The fourth-order valence-electron chi connectivity index (χ4n) is 2.11. The second kappa shape index (κ2) is 5.54. The smallest absolute Gasteiger partial charge is 0.259 e. The van der Waals surface area contributed by atoms with E-state index >= 15 is 0 Å². The van der Waals surface area contributed by atoms with Gasteiger partial charge in [-0.15, -0.1) is 0 Å². The van der Waals surface area contributed by atoms with Gasteiger partial charge in [-0.3, -0.25) is 4.79 Å². The molecule has 1 heterocycles. The van der Waals surface area contributed by atoms with Crippen LogP contribution in [-0.4, -0.2) is 19.1 Å². The van der Waals surface area contributed by atoms with E-state index in [2.05, 4.69) is 5.32 Å². The maximum atomic E-state index is 12.4. The number of amides is 1. The Morgan fingerprint density at radius 1 is 1.14 bits per heavy atom. The maximum absolute atomic E-state index is 12.4. The van der Waals surface area contributed by atoms with E-state index in [1.807, 2.05) is 0 Å². The third-order valence-electron chi connectivity index (χ3n) is 3.10. The topological polar surface area (TPSA) is 73.6 Å². The maximum Gasteiger partial charge on any atom is 0.259 e. The lowest BCUT2D eigenvalue weighted by Gasteiger charge is -2.20. The third-order valence-corrected chi connectivity index (χ3v) is 3.41. The molecule has 0 bridgehead atoms. The van der Waals surface area contributed by atoms with E-state index in [0.717, 1.165) is 0 Å². The van der Waals surface area contributed by atoms with Crippen molar-refractivity contribution in [2.45, 2.75) is 0 Å². The normalized spacial score (nSPS) is 12.8. The van der Waals surface area contributed by atoms with Gasteiger partial charge in [0, 0.05) is 0 Å². The Bertz CT molecular complexity index is 683. The largest absolute Gasteiger partial charge is 0.486 e. The lowest BCUT2D eigenvalue weighted by atomic mass is 10.1. The standard InChI is InChI=1S/C15H13ClN2O3/c16-10-4-2-5-11(17)13(10)18-15(19)9-3-1-6-12-14(9)21-8-7-20-12/h1-6H,7-8,17H2,(H,18,19). The zero-order chi connectivity index (χ0) is 14.8. The summed E-state index contributed by atoms with van der Waals surface area (Å²) in [7, 11) is 0. The molecule has 0 aromatic heterocycles. The van der Waals surface area contributed by atoms with Crippen LogP contribution in [-0.2, 0) is 0 Å². The number of nitrogens with one attached hydrogen (secondary N) is 1. The number of anilines is 2. The number of carbonyl (C=O) groups excluding carboxylic acids is 1. The summed E-state index contributed by atoms with van der Waals surface area (Å²) in [4.78, 5) is 12.4. The number of para-hydroxylation sites is 2. The van der Waals surface area contributed by atoms with E-state index in [-0.39, 0.29) is 5.91 Å². The molecule has 3 rings (SSSR count). The van der Waals surface area contributed by atoms with Crippen LogP contribution >= 0.6 is 11.6 Å². The Morgan fingerprint density at radius 3 is 2.71 bits per heavy atom. The van der Waals surface area contributed by atoms with E-state index < -0.39 is 0 Å². The number of hydrogen-bond acceptors (Lipinski definition) is 4. The molecule has 0 fully saturated rings. The zero-order valence-electron chi connectivity index (χ0n) is 11.1. The van der Waals surface area contributed by atoms with Crippen molar-refractivity contribution in [3.8, 4) is 11.5 Å². The molecular formula is C15H13ClN2O3. The number of benzene rings is 2. The highest BCUT2D eigenvalue weighted by atomic mass is 35.5. The molecule has 2 aromatic rings. The summed E-state index contributed by atoms with van der Waals surface area (Å²) in [5.74, 6) is 0.644. The molecule has 5 nitrogen and oxygen atoms in total. The molecule has 0 saturated heterocycles. The summed E-state index contributed by atoms with van der Waals surface area (Å²) in [6.07, 6.45) is 0. The Kier molecular flexibility index (Phi) is 3.58. The fraction of sp³-hybridized carbons (Fsp3) is 0.133. The van der Waals surface area contributed by atoms with E-state index in [4.69, 9.17) is 26.8 Å². The van der Waals surface area contributed by atoms with Crippen LogP contribution in [0.2, 0.25) is 5.02 Å². The van der Waals surface area contributed by atoms with E-state index in [1.165, 1.54) is 0 Å². The number of fused-ring (bicyclic) bond motifs is 1. The first-order valence-corrected chi connectivity index (χ1v) is 6.78. The van der Waals surface area contributed by atoms with Crippen molar-refractivity contribution in [2.24, 2.45) is 0 Å². The summed E-state index contributed by atoms with van der Waals surface area (Å²) >= 11 is 6.05. The Labute approximate surface area is 126 Å². The Hall–Kier alpha value is -2.40. The first-order valence-electron chi connectivity index (χ1n) is 6.41. The summed E-state index contributed by atoms with van der Waals surface area (Å²) < 4.78 is 11.0. The third kappa shape index (κ3) is 2.60. The monoisotopic (exact) mass is 304 g/mol. The van der Waals surface area contributed by atoms with Gasteiger partial charge < -0.3 is 20.5 Å². The van der Waals surface area contributed by atoms with E-state index in [9.17, 15) is 4.79 Å². The number of nitrogen functional groups attached to an aromatic ring is 1. The quantitative estimate of drug-likeness (QED) is 0.837. The van der Waals surface area contributed by atoms with E-state index in [0.29, 0.717) is 46.7 Å². The molecule has 2 aromatic carbocycles. The summed E-state index contributed by atoms with van der Waals surface area (Å²) in [6, 6.07) is 10.2.